The molecule has 0 bridgehead atoms. The average molecular weight is 329 g/mol. The van der Waals surface area contributed by atoms with Crippen LogP contribution in [0.2, 0.25) is 0 Å². The number of rotatable bonds is 5. The maximum Gasteiger partial charge on any atom is 0.166 e. The number of hydrogen-bond donors (Lipinski definition) is 2. The highest BCUT2D eigenvalue weighted by atomic mass is 32.1. The van der Waals surface area contributed by atoms with Crippen molar-refractivity contribution in [2.45, 2.75) is 13.0 Å². The highest BCUT2D eigenvalue weighted by Gasteiger charge is 2.12. The van der Waals surface area contributed by atoms with E-state index >= 15 is 0 Å². The molecule has 1 atom stereocenters. The smallest absolute Gasteiger partial charge is 0.166 e. The van der Waals surface area contributed by atoms with Crippen LogP contribution < -0.4 is 10.6 Å². The Morgan fingerprint density at radius 3 is 2.73 bits per heavy atom. The van der Waals surface area contributed by atoms with E-state index in [0.717, 1.165) is 45.5 Å². The standard InChI is InChI=1S/C15H21F2N3OS/c1-11(12-2-3-13(16)14(17)10-12)19-15(22)18-4-5-20-6-8-21-9-7-20/h2-3,10-11H,4-9H2,1H3,(H2,18,19,22)/t11-/m1/s1. The summed E-state index contributed by atoms with van der Waals surface area (Å²) in [7, 11) is 0. The molecule has 1 aliphatic heterocycles. The minimum Gasteiger partial charge on any atom is -0.379 e. The van der Waals surface area contributed by atoms with Crippen LogP contribution in [-0.2, 0) is 4.74 Å². The Hall–Kier alpha value is -1.31. The van der Waals surface area contributed by atoms with E-state index in [1.54, 1.807) is 6.07 Å². The summed E-state index contributed by atoms with van der Waals surface area (Å²) < 4.78 is 31.4. The number of halogens is 2. The quantitative estimate of drug-likeness (QED) is 0.806. The molecule has 1 aromatic rings. The monoisotopic (exact) mass is 329 g/mol. The molecule has 1 fully saturated rings. The second kappa shape index (κ2) is 8.36. The summed E-state index contributed by atoms with van der Waals surface area (Å²) in [5.41, 5.74) is 0.649. The van der Waals surface area contributed by atoms with E-state index in [1.165, 1.54) is 6.07 Å². The van der Waals surface area contributed by atoms with Crippen molar-refractivity contribution < 1.29 is 13.5 Å². The van der Waals surface area contributed by atoms with Gasteiger partial charge < -0.3 is 15.4 Å². The summed E-state index contributed by atoms with van der Waals surface area (Å²) >= 11 is 5.22. The summed E-state index contributed by atoms with van der Waals surface area (Å²) in [5.74, 6) is -1.69. The lowest BCUT2D eigenvalue weighted by Crippen LogP contribution is -2.44. The van der Waals surface area contributed by atoms with E-state index < -0.39 is 11.6 Å². The van der Waals surface area contributed by atoms with Crippen LogP contribution in [0.15, 0.2) is 18.2 Å². The van der Waals surface area contributed by atoms with Crippen molar-refractivity contribution in [2.24, 2.45) is 0 Å². The first-order valence-electron chi connectivity index (χ1n) is 7.35. The van der Waals surface area contributed by atoms with Crippen molar-refractivity contribution in [1.82, 2.24) is 15.5 Å². The summed E-state index contributed by atoms with van der Waals surface area (Å²) in [6.07, 6.45) is 0. The molecule has 7 heteroatoms. The second-order valence-electron chi connectivity index (χ2n) is 5.25. The molecule has 0 aliphatic carbocycles. The zero-order chi connectivity index (χ0) is 15.9. The molecule has 0 spiro atoms. The SMILES string of the molecule is C[C@@H](NC(=S)NCCN1CCOCC1)c1ccc(F)c(F)c1. The molecule has 2 N–H and O–H groups in total. The Morgan fingerprint density at radius 2 is 2.05 bits per heavy atom. The first-order valence-corrected chi connectivity index (χ1v) is 7.76. The number of nitrogens with zero attached hydrogens (tertiary/aromatic N) is 1. The van der Waals surface area contributed by atoms with Gasteiger partial charge in [0.15, 0.2) is 16.7 Å². The number of ether oxygens (including phenoxy) is 1. The highest BCUT2D eigenvalue weighted by molar-refractivity contribution is 7.80. The summed E-state index contributed by atoms with van der Waals surface area (Å²) in [5, 5.41) is 6.70. The van der Waals surface area contributed by atoms with Crippen molar-refractivity contribution in [3.8, 4) is 0 Å². The van der Waals surface area contributed by atoms with Crippen molar-refractivity contribution >= 4 is 17.3 Å². The van der Waals surface area contributed by atoms with Crippen molar-refractivity contribution in [3.05, 3.63) is 35.4 Å². The summed E-state index contributed by atoms with van der Waals surface area (Å²) in [6, 6.07) is 3.66. The third-order valence-electron chi connectivity index (χ3n) is 3.61. The predicted molar refractivity (Wildman–Crippen MR) is 85.8 cm³/mol. The van der Waals surface area contributed by atoms with Gasteiger partial charge in [-0.05, 0) is 36.8 Å². The van der Waals surface area contributed by atoms with Gasteiger partial charge in [-0.3, -0.25) is 4.90 Å². The van der Waals surface area contributed by atoms with Crippen LogP contribution in [0.4, 0.5) is 8.78 Å². The highest BCUT2D eigenvalue weighted by Crippen LogP contribution is 2.15. The molecule has 122 valence electrons. The van der Waals surface area contributed by atoms with Gasteiger partial charge in [0, 0.05) is 26.2 Å². The zero-order valence-corrected chi connectivity index (χ0v) is 13.4. The molecule has 0 unspecified atom stereocenters. The van der Waals surface area contributed by atoms with Gasteiger partial charge in [-0.2, -0.15) is 0 Å². The Kier molecular flexibility index (Phi) is 6.48. The van der Waals surface area contributed by atoms with Gasteiger partial charge in [0.25, 0.3) is 0 Å². The summed E-state index contributed by atoms with van der Waals surface area (Å²) in [4.78, 5) is 2.30. The van der Waals surface area contributed by atoms with Crippen LogP contribution in [0.3, 0.4) is 0 Å². The largest absolute Gasteiger partial charge is 0.379 e. The van der Waals surface area contributed by atoms with E-state index in [-0.39, 0.29) is 6.04 Å². The van der Waals surface area contributed by atoms with E-state index in [4.69, 9.17) is 17.0 Å². The third kappa shape index (κ3) is 5.15. The van der Waals surface area contributed by atoms with Gasteiger partial charge in [-0.1, -0.05) is 6.07 Å². The third-order valence-corrected chi connectivity index (χ3v) is 3.87. The molecule has 1 heterocycles. The fourth-order valence-corrected chi connectivity index (χ4v) is 2.54. The van der Waals surface area contributed by atoms with Gasteiger partial charge in [-0.15, -0.1) is 0 Å². The maximum absolute atomic E-state index is 13.2. The van der Waals surface area contributed by atoms with Crippen LogP contribution in [0.5, 0.6) is 0 Å². The van der Waals surface area contributed by atoms with Gasteiger partial charge in [0.1, 0.15) is 0 Å². The molecule has 0 radical (unpaired) electrons. The molecule has 1 aliphatic rings. The van der Waals surface area contributed by atoms with E-state index in [1.807, 2.05) is 6.92 Å². The normalized spacial score (nSPS) is 17.0. The minimum absolute atomic E-state index is 0.196. The van der Waals surface area contributed by atoms with Gasteiger partial charge in [-0.25, -0.2) is 8.78 Å². The number of thiocarbonyl (C=S) groups is 1. The first-order chi connectivity index (χ1) is 10.6. The van der Waals surface area contributed by atoms with Gasteiger partial charge in [0.2, 0.25) is 0 Å². The van der Waals surface area contributed by atoms with E-state index in [0.29, 0.717) is 10.7 Å². The second-order valence-corrected chi connectivity index (χ2v) is 5.66. The average Bonchev–Trinajstić information content (AvgIpc) is 2.51. The van der Waals surface area contributed by atoms with Crippen LogP contribution in [-0.4, -0.2) is 49.4 Å². The topological polar surface area (TPSA) is 36.5 Å². The lowest BCUT2D eigenvalue weighted by atomic mass is 10.1. The molecule has 0 aromatic heterocycles. The Morgan fingerprint density at radius 1 is 1.32 bits per heavy atom. The molecule has 1 aromatic carbocycles. The summed E-state index contributed by atoms with van der Waals surface area (Å²) in [6.45, 7) is 6.90. The molecule has 4 nitrogen and oxygen atoms in total. The van der Waals surface area contributed by atoms with E-state index in [9.17, 15) is 8.78 Å². The van der Waals surface area contributed by atoms with Gasteiger partial charge >= 0.3 is 0 Å². The lowest BCUT2D eigenvalue weighted by molar-refractivity contribution is 0.0389. The van der Waals surface area contributed by atoms with Crippen LogP contribution >= 0.6 is 12.2 Å². The molecule has 0 saturated carbocycles. The maximum atomic E-state index is 13.2. The minimum atomic E-state index is -0.850. The lowest BCUT2D eigenvalue weighted by Gasteiger charge is -2.27. The van der Waals surface area contributed by atoms with Crippen molar-refractivity contribution in [1.29, 1.82) is 0 Å². The van der Waals surface area contributed by atoms with Crippen LogP contribution in [0.1, 0.15) is 18.5 Å². The van der Waals surface area contributed by atoms with Crippen LogP contribution in [0.25, 0.3) is 0 Å². The predicted octanol–water partition coefficient (Wildman–Crippen LogP) is 1.82. The number of hydrogen-bond acceptors (Lipinski definition) is 3. The molecule has 0 amide bonds. The van der Waals surface area contributed by atoms with Crippen LogP contribution in [0, 0.1) is 11.6 Å². The fourth-order valence-electron chi connectivity index (χ4n) is 2.27. The molecular formula is C15H21F2N3OS. The fraction of sp³-hybridized carbons (Fsp3) is 0.533. The Balaban J connectivity index is 1.72. The molecule has 1 saturated heterocycles. The molecule has 2 rings (SSSR count). The molecule has 22 heavy (non-hydrogen) atoms. The zero-order valence-electron chi connectivity index (χ0n) is 12.6. The Labute approximate surface area is 134 Å². The number of morpholine rings is 1. The number of benzene rings is 1. The van der Waals surface area contributed by atoms with Gasteiger partial charge in [0.05, 0.1) is 19.3 Å². The van der Waals surface area contributed by atoms with Crippen molar-refractivity contribution in [3.63, 3.8) is 0 Å². The van der Waals surface area contributed by atoms with Crippen molar-refractivity contribution in [2.75, 3.05) is 39.4 Å². The molecular weight excluding hydrogens is 308 g/mol. The van der Waals surface area contributed by atoms with E-state index in [2.05, 4.69) is 15.5 Å². The Bertz CT molecular complexity index is 510. The first kappa shape index (κ1) is 17.1. The number of nitrogens with one attached hydrogen (secondary N) is 2.